The molecule has 1 unspecified atom stereocenters. The highest BCUT2D eigenvalue weighted by atomic mass is 35.5. The molecule has 1 amide bonds. The number of rotatable bonds is 5. The normalized spacial score (nSPS) is 17.0. The molecule has 1 heterocycles. The molecule has 2 aromatic rings. The summed E-state index contributed by atoms with van der Waals surface area (Å²) >= 11 is 12.3. The van der Waals surface area contributed by atoms with Gasteiger partial charge >= 0.3 is 5.97 Å². The van der Waals surface area contributed by atoms with Crippen LogP contribution in [-0.2, 0) is 17.6 Å². The van der Waals surface area contributed by atoms with Gasteiger partial charge < -0.3 is 10.4 Å². The lowest BCUT2D eigenvalue weighted by Crippen LogP contribution is -2.42. The third-order valence-electron chi connectivity index (χ3n) is 4.93. The van der Waals surface area contributed by atoms with Gasteiger partial charge in [0.05, 0.1) is 10.7 Å². The highest BCUT2D eigenvalue weighted by Crippen LogP contribution is 2.34. The SMILES string of the molecule is O=C(NC(C(=O)O)C1CC1)c1nn(-c2ccc(Cl)cc2Cl)c2c1CCC2. The molecule has 0 radical (unpaired) electrons. The van der Waals surface area contributed by atoms with Crippen molar-refractivity contribution in [3.05, 3.63) is 45.2 Å². The molecule has 2 aliphatic rings. The lowest BCUT2D eigenvalue weighted by Gasteiger charge is -2.13. The number of nitrogens with one attached hydrogen (secondary N) is 1. The van der Waals surface area contributed by atoms with Crippen molar-refractivity contribution in [1.82, 2.24) is 15.1 Å². The largest absolute Gasteiger partial charge is 0.480 e. The van der Waals surface area contributed by atoms with Crippen LogP contribution in [0.15, 0.2) is 18.2 Å². The standard InChI is InChI=1S/C18H17Cl2N3O3/c19-10-6-7-14(12(20)8-10)23-13-3-1-2-11(13)16(22-23)17(24)21-15(18(25)26)9-4-5-9/h6-9,15H,1-5H2,(H,21,24)(H,25,26). The topological polar surface area (TPSA) is 84.2 Å². The first-order valence-corrected chi connectivity index (χ1v) is 9.31. The number of carbonyl (C=O) groups excluding carboxylic acids is 1. The predicted octanol–water partition coefficient (Wildman–Crippen LogP) is 3.26. The first-order chi connectivity index (χ1) is 12.5. The maximum atomic E-state index is 12.7. The molecule has 0 spiro atoms. The van der Waals surface area contributed by atoms with Gasteiger partial charge in [-0.25, -0.2) is 9.48 Å². The van der Waals surface area contributed by atoms with Crippen LogP contribution in [0.4, 0.5) is 0 Å². The predicted molar refractivity (Wildman–Crippen MR) is 97.2 cm³/mol. The van der Waals surface area contributed by atoms with Crippen LogP contribution in [0.1, 0.15) is 41.0 Å². The van der Waals surface area contributed by atoms with Crippen LogP contribution in [-0.4, -0.2) is 32.8 Å². The fraction of sp³-hybridized carbons (Fsp3) is 0.389. The van der Waals surface area contributed by atoms with E-state index in [-0.39, 0.29) is 11.6 Å². The first kappa shape index (κ1) is 17.4. The van der Waals surface area contributed by atoms with E-state index in [1.165, 1.54) is 0 Å². The second-order valence-electron chi connectivity index (χ2n) is 6.76. The molecule has 1 atom stereocenters. The highest BCUT2D eigenvalue weighted by molar-refractivity contribution is 6.35. The number of aliphatic carboxylic acids is 1. The van der Waals surface area contributed by atoms with Crippen molar-refractivity contribution in [3.63, 3.8) is 0 Å². The number of amides is 1. The average Bonchev–Trinajstić information content (AvgIpc) is 3.19. The molecule has 0 bridgehead atoms. The Morgan fingerprint density at radius 1 is 1.27 bits per heavy atom. The van der Waals surface area contributed by atoms with E-state index in [2.05, 4.69) is 10.4 Å². The van der Waals surface area contributed by atoms with E-state index in [0.717, 1.165) is 43.4 Å². The zero-order valence-corrected chi connectivity index (χ0v) is 15.3. The van der Waals surface area contributed by atoms with Crippen molar-refractivity contribution in [2.75, 3.05) is 0 Å². The van der Waals surface area contributed by atoms with Gasteiger partial charge in [0.25, 0.3) is 5.91 Å². The summed E-state index contributed by atoms with van der Waals surface area (Å²) < 4.78 is 1.68. The molecule has 1 fully saturated rings. The lowest BCUT2D eigenvalue weighted by atomic mass is 10.1. The van der Waals surface area contributed by atoms with Crippen LogP contribution >= 0.6 is 23.2 Å². The first-order valence-electron chi connectivity index (χ1n) is 8.55. The van der Waals surface area contributed by atoms with E-state index in [1.807, 2.05) is 0 Å². The molecule has 136 valence electrons. The van der Waals surface area contributed by atoms with Crippen LogP contribution < -0.4 is 5.32 Å². The van der Waals surface area contributed by atoms with Crippen LogP contribution in [0.5, 0.6) is 0 Å². The van der Waals surface area contributed by atoms with Crippen LogP contribution in [0, 0.1) is 5.92 Å². The lowest BCUT2D eigenvalue weighted by molar-refractivity contribution is -0.139. The fourth-order valence-corrected chi connectivity index (χ4v) is 3.98. The van der Waals surface area contributed by atoms with Crippen molar-refractivity contribution < 1.29 is 14.7 Å². The Morgan fingerprint density at radius 2 is 2.04 bits per heavy atom. The van der Waals surface area contributed by atoms with Gasteiger partial charge in [0.15, 0.2) is 5.69 Å². The van der Waals surface area contributed by atoms with Crippen molar-refractivity contribution in [3.8, 4) is 5.69 Å². The molecule has 8 heteroatoms. The second-order valence-corrected chi connectivity index (χ2v) is 7.61. The molecule has 2 aliphatic carbocycles. The number of halogens is 2. The van der Waals surface area contributed by atoms with Crippen molar-refractivity contribution in [2.45, 2.75) is 38.1 Å². The number of hydrogen-bond donors (Lipinski definition) is 2. The van der Waals surface area contributed by atoms with Crippen LogP contribution in [0.2, 0.25) is 10.0 Å². The molecule has 0 aliphatic heterocycles. The minimum atomic E-state index is -1.00. The smallest absolute Gasteiger partial charge is 0.326 e. The fourth-order valence-electron chi connectivity index (χ4n) is 3.49. The molecule has 1 aromatic heterocycles. The maximum absolute atomic E-state index is 12.7. The van der Waals surface area contributed by atoms with E-state index in [9.17, 15) is 14.7 Å². The van der Waals surface area contributed by atoms with Gasteiger partial charge in [-0.1, -0.05) is 23.2 Å². The number of carboxylic acid groups (broad SMARTS) is 1. The number of hydrogen-bond acceptors (Lipinski definition) is 3. The molecule has 6 nitrogen and oxygen atoms in total. The molecular formula is C18H17Cl2N3O3. The minimum absolute atomic E-state index is 0.0114. The van der Waals surface area contributed by atoms with Gasteiger partial charge in [-0.15, -0.1) is 0 Å². The molecule has 2 N–H and O–H groups in total. The summed E-state index contributed by atoms with van der Waals surface area (Å²) in [5.74, 6) is -1.43. The van der Waals surface area contributed by atoms with E-state index in [4.69, 9.17) is 23.2 Å². The summed E-state index contributed by atoms with van der Waals surface area (Å²) in [4.78, 5) is 24.1. The Morgan fingerprint density at radius 3 is 2.69 bits per heavy atom. The van der Waals surface area contributed by atoms with Crippen LogP contribution in [0.25, 0.3) is 5.69 Å². The Bertz CT molecular complexity index is 905. The van der Waals surface area contributed by atoms with Crippen LogP contribution in [0.3, 0.4) is 0 Å². The Kier molecular flexibility index (Phi) is 4.40. The summed E-state index contributed by atoms with van der Waals surface area (Å²) in [6.45, 7) is 0. The van der Waals surface area contributed by atoms with Crippen molar-refractivity contribution >= 4 is 35.1 Å². The van der Waals surface area contributed by atoms with Gasteiger partial charge in [-0.05, 0) is 56.2 Å². The Hall–Kier alpha value is -2.05. The van der Waals surface area contributed by atoms with E-state index >= 15 is 0 Å². The minimum Gasteiger partial charge on any atom is -0.480 e. The van der Waals surface area contributed by atoms with Gasteiger partial charge in [0.2, 0.25) is 0 Å². The van der Waals surface area contributed by atoms with Crippen molar-refractivity contribution in [2.24, 2.45) is 5.92 Å². The summed E-state index contributed by atoms with van der Waals surface area (Å²) in [6, 6.07) is 4.26. The zero-order valence-electron chi connectivity index (χ0n) is 13.8. The summed E-state index contributed by atoms with van der Waals surface area (Å²) in [5, 5.41) is 17.4. The third-order valence-corrected chi connectivity index (χ3v) is 5.47. The molecule has 4 rings (SSSR count). The maximum Gasteiger partial charge on any atom is 0.326 e. The van der Waals surface area contributed by atoms with E-state index in [0.29, 0.717) is 15.7 Å². The van der Waals surface area contributed by atoms with Gasteiger partial charge in [0.1, 0.15) is 6.04 Å². The highest BCUT2D eigenvalue weighted by Gasteiger charge is 2.38. The third kappa shape index (κ3) is 3.08. The monoisotopic (exact) mass is 393 g/mol. The van der Waals surface area contributed by atoms with Gasteiger partial charge in [-0.3, -0.25) is 4.79 Å². The van der Waals surface area contributed by atoms with E-state index < -0.39 is 17.9 Å². The average molecular weight is 394 g/mol. The number of benzene rings is 1. The Balaban J connectivity index is 1.69. The molecular weight excluding hydrogens is 377 g/mol. The number of carbonyl (C=O) groups is 2. The number of fused-ring (bicyclic) bond motifs is 1. The molecule has 1 saturated carbocycles. The molecule has 1 aromatic carbocycles. The van der Waals surface area contributed by atoms with E-state index in [1.54, 1.807) is 22.9 Å². The Labute approximate surface area is 160 Å². The quantitative estimate of drug-likeness (QED) is 0.816. The number of nitrogens with zero attached hydrogens (tertiary/aromatic N) is 2. The summed E-state index contributed by atoms with van der Waals surface area (Å²) in [6.07, 6.45) is 4.10. The second kappa shape index (κ2) is 6.59. The van der Waals surface area contributed by atoms with Gasteiger partial charge in [0, 0.05) is 16.3 Å². The number of aromatic nitrogens is 2. The molecule has 0 saturated heterocycles. The summed E-state index contributed by atoms with van der Waals surface area (Å²) in [5.41, 5.74) is 2.76. The summed E-state index contributed by atoms with van der Waals surface area (Å²) in [7, 11) is 0. The van der Waals surface area contributed by atoms with Gasteiger partial charge in [-0.2, -0.15) is 5.10 Å². The van der Waals surface area contributed by atoms with Crippen molar-refractivity contribution in [1.29, 1.82) is 0 Å². The number of carboxylic acids is 1. The molecule has 26 heavy (non-hydrogen) atoms. The zero-order chi connectivity index (χ0) is 18.4.